The summed E-state index contributed by atoms with van der Waals surface area (Å²) in [6.45, 7) is 0. The fourth-order valence-electron chi connectivity index (χ4n) is 4.10. The van der Waals surface area contributed by atoms with Crippen molar-refractivity contribution >= 4 is 28.1 Å². The molecule has 0 saturated carbocycles. The van der Waals surface area contributed by atoms with E-state index in [9.17, 15) is 14.7 Å². The molecule has 0 radical (unpaired) electrons. The Labute approximate surface area is 158 Å². The van der Waals surface area contributed by atoms with E-state index < -0.39 is 23.4 Å². The van der Waals surface area contributed by atoms with E-state index in [1.165, 1.54) is 11.3 Å². The molecule has 0 amide bonds. The van der Waals surface area contributed by atoms with Crippen LogP contribution in [0.5, 0.6) is 0 Å². The van der Waals surface area contributed by atoms with Gasteiger partial charge in [-0.05, 0) is 28.5 Å². The molecule has 0 bridgehead atoms. The van der Waals surface area contributed by atoms with E-state index in [4.69, 9.17) is 4.42 Å². The van der Waals surface area contributed by atoms with Crippen molar-refractivity contribution in [1.29, 1.82) is 0 Å². The molecule has 1 aliphatic rings. The number of aliphatic carboxylic acids is 1. The van der Waals surface area contributed by atoms with Gasteiger partial charge in [-0.25, -0.2) is 4.79 Å². The first-order valence-electron chi connectivity index (χ1n) is 8.58. The number of carboxylic acid groups (broad SMARTS) is 1. The normalized spacial score (nSPS) is 18.1. The number of hydrogen-bond acceptors (Lipinski definition) is 4. The van der Waals surface area contributed by atoms with Crippen LogP contribution in [0.4, 0.5) is 0 Å². The Hall–Kier alpha value is -3.18. The third-order valence-electron chi connectivity index (χ3n) is 5.18. The number of thiophene rings is 1. The van der Waals surface area contributed by atoms with Gasteiger partial charge in [-0.3, -0.25) is 4.79 Å². The van der Waals surface area contributed by atoms with Crippen LogP contribution >= 0.6 is 11.3 Å². The van der Waals surface area contributed by atoms with Crippen LogP contribution in [0.1, 0.15) is 27.8 Å². The zero-order valence-corrected chi connectivity index (χ0v) is 14.9. The Morgan fingerprint density at radius 3 is 2.44 bits per heavy atom. The fourth-order valence-corrected chi connectivity index (χ4v) is 4.97. The molecular formula is C22H14O4S. The van der Waals surface area contributed by atoms with Gasteiger partial charge in [-0.15, -0.1) is 11.3 Å². The van der Waals surface area contributed by atoms with Crippen LogP contribution in [0.3, 0.4) is 0 Å². The minimum absolute atomic E-state index is 0.405. The number of benzene rings is 2. The van der Waals surface area contributed by atoms with Crippen LogP contribution in [-0.4, -0.2) is 11.1 Å². The summed E-state index contributed by atoms with van der Waals surface area (Å²) in [5.74, 6) is -1.57. The zero-order chi connectivity index (χ0) is 18.5. The van der Waals surface area contributed by atoms with E-state index in [1.807, 2.05) is 53.9 Å². The van der Waals surface area contributed by atoms with Gasteiger partial charge in [0.2, 0.25) is 0 Å². The van der Waals surface area contributed by atoms with Crippen molar-refractivity contribution < 1.29 is 14.3 Å². The second-order valence-electron chi connectivity index (χ2n) is 6.57. The van der Waals surface area contributed by atoms with Gasteiger partial charge in [0.15, 0.2) is 0 Å². The highest BCUT2D eigenvalue weighted by Gasteiger charge is 2.42. The van der Waals surface area contributed by atoms with Gasteiger partial charge in [-0.1, -0.05) is 48.5 Å². The molecule has 5 rings (SSSR count). The lowest BCUT2D eigenvalue weighted by molar-refractivity contribution is -0.139. The second kappa shape index (κ2) is 5.93. The summed E-state index contributed by atoms with van der Waals surface area (Å²) in [5, 5.41) is 13.3. The van der Waals surface area contributed by atoms with Crippen molar-refractivity contribution in [3.63, 3.8) is 0 Å². The Bertz CT molecular complexity index is 1240. The molecule has 2 aromatic heterocycles. The van der Waals surface area contributed by atoms with Gasteiger partial charge in [0, 0.05) is 21.9 Å². The highest BCUT2D eigenvalue weighted by Crippen LogP contribution is 2.52. The first-order chi connectivity index (χ1) is 13.2. The van der Waals surface area contributed by atoms with E-state index in [-0.39, 0.29) is 0 Å². The van der Waals surface area contributed by atoms with Crippen molar-refractivity contribution in [2.75, 3.05) is 0 Å². The molecule has 0 unspecified atom stereocenters. The molecule has 0 fully saturated rings. The molecule has 4 nitrogen and oxygen atoms in total. The van der Waals surface area contributed by atoms with Gasteiger partial charge in [0.1, 0.15) is 5.76 Å². The van der Waals surface area contributed by atoms with Crippen LogP contribution in [0.25, 0.3) is 22.1 Å². The number of carbonyl (C=O) groups is 1. The summed E-state index contributed by atoms with van der Waals surface area (Å²) in [7, 11) is 0. The SMILES string of the molecule is O=C(O)[C@H]1c2ccccc2-c2oc(=O)c3ccccc3c2[C@@H]1c1cccs1. The minimum atomic E-state index is -0.887. The summed E-state index contributed by atoms with van der Waals surface area (Å²) in [5.41, 5.74) is 1.72. The summed E-state index contributed by atoms with van der Waals surface area (Å²) in [6.07, 6.45) is 0. The van der Waals surface area contributed by atoms with Crippen molar-refractivity contribution in [1.82, 2.24) is 0 Å². The molecule has 2 heterocycles. The monoisotopic (exact) mass is 374 g/mol. The molecule has 2 aromatic carbocycles. The topological polar surface area (TPSA) is 67.5 Å². The highest BCUT2D eigenvalue weighted by atomic mass is 32.1. The summed E-state index contributed by atoms with van der Waals surface area (Å²) >= 11 is 1.52. The molecule has 1 N–H and O–H groups in total. The number of fused-ring (bicyclic) bond motifs is 5. The van der Waals surface area contributed by atoms with Gasteiger partial charge in [0.25, 0.3) is 0 Å². The third kappa shape index (κ3) is 2.28. The summed E-state index contributed by atoms with van der Waals surface area (Å²) < 4.78 is 5.75. The van der Waals surface area contributed by atoms with Crippen LogP contribution in [0, 0.1) is 0 Å². The number of hydrogen-bond donors (Lipinski definition) is 1. The van der Waals surface area contributed by atoms with E-state index in [0.29, 0.717) is 22.3 Å². The Balaban J connectivity index is 1.98. The maximum Gasteiger partial charge on any atom is 0.344 e. The quantitative estimate of drug-likeness (QED) is 0.545. The molecule has 5 heteroatoms. The predicted molar refractivity (Wildman–Crippen MR) is 104 cm³/mol. The van der Waals surface area contributed by atoms with Gasteiger partial charge in [0.05, 0.1) is 11.3 Å². The molecule has 1 aliphatic carbocycles. The largest absolute Gasteiger partial charge is 0.481 e. The van der Waals surface area contributed by atoms with Crippen LogP contribution in [0.15, 0.2) is 75.3 Å². The lowest BCUT2D eigenvalue weighted by Gasteiger charge is -2.32. The second-order valence-corrected chi connectivity index (χ2v) is 7.55. The Kier molecular flexibility index (Phi) is 3.52. The van der Waals surface area contributed by atoms with E-state index in [0.717, 1.165) is 15.8 Å². The fraction of sp³-hybridized carbons (Fsp3) is 0.0909. The maximum atomic E-state index is 12.6. The van der Waals surface area contributed by atoms with Crippen molar-refractivity contribution in [2.24, 2.45) is 0 Å². The maximum absolute atomic E-state index is 12.6. The van der Waals surface area contributed by atoms with Crippen LogP contribution < -0.4 is 5.63 Å². The van der Waals surface area contributed by atoms with Crippen LogP contribution in [0.2, 0.25) is 0 Å². The van der Waals surface area contributed by atoms with Gasteiger partial charge < -0.3 is 9.52 Å². The Morgan fingerprint density at radius 1 is 0.963 bits per heavy atom. The summed E-state index contributed by atoms with van der Waals surface area (Å²) in [4.78, 5) is 25.9. The van der Waals surface area contributed by atoms with E-state index in [2.05, 4.69) is 0 Å². The predicted octanol–water partition coefficient (Wildman–Crippen LogP) is 4.84. The molecule has 27 heavy (non-hydrogen) atoms. The zero-order valence-electron chi connectivity index (χ0n) is 14.1. The minimum Gasteiger partial charge on any atom is -0.481 e. The number of rotatable bonds is 2. The average molecular weight is 374 g/mol. The Morgan fingerprint density at radius 2 is 1.70 bits per heavy atom. The lowest BCUT2D eigenvalue weighted by atomic mass is 9.72. The molecule has 132 valence electrons. The lowest BCUT2D eigenvalue weighted by Crippen LogP contribution is -2.26. The average Bonchev–Trinajstić information content (AvgIpc) is 3.21. The van der Waals surface area contributed by atoms with Gasteiger partial charge >= 0.3 is 11.6 Å². The van der Waals surface area contributed by atoms with Crippen molar-refractivity contribution in [3.8, 4) is 11.3 Å². The molecule has 0 aliphatic heterocycles. The van der Waals surface area contributed by atoms with Crippen LogP contribution in [-0.2, 0) is 4.79 Å². The highest BCUT2D eigenvalue weighted by molar-refractivity contribution is 7.10. The third-order valence-corrected chi connectivity index (χ3v) is 6.13. The molecule has 0 saturated heterocycles. The molecule has 4 aromatic rings. The molecule has 2 atom stereocenters. The standard InChI is InChI=1S/C22H14O4S/c23-21(24)18-12-6-1-3-8-14(12)20-17(19(18)16-10-5-11-27-16)13-7-2-4-9-15(13)22(25)26-20/h1-11,18-19H,(H,23,24)/t18-,19-/m0/s1. The van der Waals surface area contributed by atoms with E-state index >= 15 is 0 Å². The van der Waals surface area contributed by atoms with Crippen molar-refractivity contribution in [3.05, 3.63) is 92.5 Å². The first-order valence-corrected chi connectivity index (χ1v) is 9.46. The van der Waals surface area contributed by atoms with E-state index in [1.54, 1.807) is 12.1 Å². The summed E-state index contributed by atoms with van der Waals surface area (Å²) in [6, 6.07) is 18.4. The van der Waals surface area contributed by atoms with Gasteiger partial charge in [-0.2, -0.15) is 0 Å². The number of carboxylic acids is 1. The first kappa shape index (κ1) is 16.0. The molecule has 0 spiro atoms. The smallest absolute Gasteiger partial charge is 0.344 e. The van der Waals surface area contributed by atoms with Crippen molar-refractivity contribution in [2.45, 2.75) is 11.8 Å². The molecular weight excluding hydrogens is 360 g/mol.